The van der Waals surface area contributed by atoms with Gasteiger partial charge in [-0.15, -0.1) is 11.3 Å². The Kier molecular flexibility index (Phi) is 4.40. The molecular weight excluding hydrogens is 282 g/mol. The van der Waals surface area contributed by atoms with Gasteiger partial charge in [-0.3, -0.25) is 9.36 Å². The lowest BCUT2D eigenvalue weighted by Crippen LogP contribution is -2.34. The van der Waals surface area contributed by atoms with Gasteiger partial charge in [-0.25, -0.2) is 4.98 Å². The van der Waals surface area contributed by atoms with Crippen molar-refractivity contribution in [3.05, 3.63) is 27.1 Å². The molecule has 0 aromatic carbocycles. The summed E-state index contributed by atoms with van der Waals surface area (Å²) in [5.74, 6) is 0. The maximum Gasteiger partial charge on any atom is 0.262 e. The molecule has 1 N–H and O–H groups in total. The first-order valence-electron chi connectivity index (χ1n) is 7.97. The molecule has 0 amide bonds. The van der Waals surface area contributed by atoms with Crippen LogP contribution in [0.2, 0.25) is 0 Å². The Labute approximate surface area is 129 Å². The molecule has 2 heterocycles. The molecule has 114 valence electrons. The van der Waals surface area contributed by atoms with E-state index >= 15 is 0 Å². The minimum atomic E-state index is 0.160. The van der Waals surface area contributed by atoms with Gasteiger partial charge in [-0.2, -0.15) is 0 Å². The number of aryl methyl sites for hydroxylation is 2. The number of fused-ring (bicyclic) bond motifs is 3. The van der Waals surface area contributed by atoms with Gasteiger partial charge in [0.2, 0.25) is 0 Å². The number of unbranched alkanes of at least 4 members (excludes halogenated alkanes) is 1. The van der Waals surface area contributed by atoms with Crippen LogP contribution in [0.4, 0.5) is 0 Å². The highest BCUT2D eigenvalue weighted by molar-refractivity contribution is 7.18. The smallest absolute Gasteiger partial charge is 0.262 e. The van der Waals surface area contributed by atoms with Crippen molar-refractivity contribution in [3.8, 4) is 0 Å². The molecule has 21 heavy (non-hydrogen) atoms. The molecule has 0 fully saturated rings. The third-order valence-electron chi connectivity index (χ3n) is 4.28. The summed E-state index contributed by atoms with van der Waals surface area (Å²) in [6.07, 6.45) is 7.01. The third-order valence-corrected chi connectivity index (χ3v) is 5.44. The van der Waals surface area contributed by atoms with E-state index in [1.807, 2.05) is 0 Å². The van der Waals surface area contributed by atoms with E-state index in [1.165, 1.54) is 10.4 Å². The van der Waals surface area contributed by atoms with E-state index in [1.54, 1.807) is 22.2 Å². The standard InChI is InChI=1S/C16H23N3OS/c1-3-5-8-19-10-18-15-14(16(19)20)12-7-6-11(17-4-2)9-13(12)21-15/h10-11,17H,3-9H2,1-2H3. The number of thiophene rings is 1. The SMILES string of the molecule is CCCCn1cnc2sc3c(c2c1=O)CCC(NCC)C3. The van der Waals surface area contributed by atoms with Crippen molar-refractivity contribution < 1.29 is 0 Å². The van der Waals surface area contributed by atoms with E-state index in [-0.39, 0.29) is 5.56 Å². The fourth-order valence-electron chi connectivity index (χ4n) is 3.15. The average molecular weight is 305 g/mol. The van der Waals surface area contributed by atoms with Gasteiger partial charge in [0, 0.05) is 17.5 Å². The average Bonchev–Trinajstić information content (AvgIpc) is 2.85. The lowest BCUT2D eigenvalue weighted by Gasteiger charge is -2.22. The first-order chi connectivity index (χ1) is 10.2. The van der Waals surface area contributed by atoms with Gasteiger partial charge in [0.1, 0.15) is 4.83 Å². The predicted octanol–water partition coefficient (Wildman–Crippen LogP) is 2.72. The molecule has 2 aromatic rings. The summed E-state index contributed by atoms with van der Waals surface area (Å²) in [7, 11) is 0. The molecule has 1 aliphatic rings. The molecule has 0 aliphatic heterocycles. The Hall–Kier alpha value is -1.20. The zero-order chi connectivity index (χ0) is 14.8. The molecule has 2 aromatic heterocycles. The second-order valence-electron chi connectivity index (χ2n) is 5.78. The van der Waals surface area contributed by atoms with Crippen molar-refractivity contribution in [1.82, 2.24) is 14.9 Å². The molecule has 0 saturated carbocycles. The van der Waals surface area contributed by atoms with Crippen LogP contribution in [0.25, 0.3) is 10.2 Å². The molecule has 0 bridgehead atoms. The predicted molar refractivity (Wildman–Crippen MR) is 88.3 cm³/mol. The molecule has 3 rings (SSSR count). The number of nitrogens with one attached hydrogen (secondary N) is 1. The molecular formula is C16H23N3OS. The largest absolute Gasteiger partial charge is 0.314 e. The van der Waals surface area contributed by atoms with Gasteiger partial charge in [0.15, 0.2) is 0 Å². The van der Waals surface area contributed by atoms with Crippen molar-refractivity contribution in [2.24, 2.45) is 0 Å². The summed E-state index contributed by atoms with van der Waals surface area (Å²) >= 11 is 1.71. The number of nitrogens with zero attached hydrogens (tertiary/aromatic N) is 2. The van der Waals surface area contributed by atoms with E-state index in [2.05, 4.69) is 24.1 Å². The zero-order valence-electron chi connectivity index (χ0n) is 12.8. The van der Waals surface area contributed by atoms with Crippen molar-refractivity contribution in [3.63, 3.8) is 0 Å². The van der Waals surface area contributed by atoms with Crippen molar-refractivity contribution in [1.29, 1.82) is 0 Å². The molecule has 0 spiro atoms. The number of hydrogen-bond donors (Lipinski definition) is 1. The number of likely N-dealkylation sites (N-methyl/N-ethyl adjacent to an activating group) is 1. The fraction of sp³-hybridized carbons (Fsp3) is 0.625. The van der Waals surface area contributed by atoms with E-state index in [0.717, 1.165) is 55.4 Å². The van der Waals surface area contributed by atoms with E-state index in [9.17, 15) is 4.79 Å². The summed E-state index contributed by atoms with van der Waals surface area (Å²) in [4.78, 5) is 19.5. The topological polar surface area (TPSA) is 46.9 Å². The van der Waals surface area contributed by atoms with Crippen LogP contribution in [0.15, 0.2) is 11.1 Å². The number of aromatic nitrogens is 2. The van der Waals surface area contributed by atoms with Crippen LogP contribution in [0, 0.1) is 0 Å². The van der Waals surface area contributed by atoms with Crippen LogP contribution >= 0.6 is 11.3 Å². The van der Waals surface area contributed by atoms with Gasteiger partial charge in [-0.05, 0) is 37.8 Å². The van der Waals surface area contributed by atoms with Crippen LogP contribution < -0.4 is 10.9 Å². The summed E-state index contributed by atoms with van der Waals surface area (Å²) < 4.78 is 1.79. The minimum absolute atomic E-state index is 0.160. The molecule has 1 aliphatic carbocycles. The molecule has 5 heteroatoms. The normalized spacial score (nSPS) is 18.1. The van der Waals surface area contributed by atoms with Crippen LogP contribution in [-0.2, 0) is 19.4 Å². The maximum atomic E-state index is 12.7. The molecule has 1 unspecified atom stereocenters. The minimum Gasteiger partial charge on any atom is -0.314 e. The second kappa shape index (κ2) is 6.28. The van der Waals surface area contributed by atoms with Gasteiger partial charge < -0.3 is 5.32 Å². The van der Waals surface area contributed by atoms with Gasteiger partial charge in [-0.1, -0.05) is 20.3 Å². The van der Waals surface area contributed by atoms with Crippen molar-refractivity contribution >= 4 is 21.6 Å². The molecule has 0 saturated heterocycles. The lowest BCUT2D eigenvalue weighted by molar-refractivity contribution is 0.476. The molecule has 0 radical (unpaired) electrons. The fourth-order valence-corrected chi connectivity index (χ4v) is 4.41. The second-order valence-corrected chi connectivity index (χ2v) is 6.86. The van der Waals surface area contributed by atoms with Gasteiger partial charge in [0.25, 0.3) is 5.56 Å². The Balaban J connectivity index is 1.99. The first kappa shape index (κ1) is 14.7. The van der Waals surface area contributed by atoms with E-state index in [4.69, 9.17) is 0 Å². The highest BCUT2D eigenvalue weighted by Gasteiger charge is 2.24. The van der Waals surface area contributed by atoms with Gasteiger partial charge >= 0.3 is 0 Å². The van der Waals surface area contributed by atoms with Gasteiger partial charge in [0.05, 0.1) is 11.7 Å². The van der Waals surface area contributed by atoms with Crippen LogP contribution in [-0.4, -0.2) is 22.1 Å². The molecule has 1 atom stereocenters. The number of hydrogen-bond acceptors (Lipinski definition) is 4. The Bertz CT molecular complexity index is 689. The van der Waals surface area contributed by atoms with Crippen molar-refractivity contribution in [2.75, 3.05) is 6.54 Å². The van der Waals surface area contributed by atoms with Crippen molar-refractivity contribution in [2.45, 2.75) is 58.5 Å². The quantitative estimate of drug-likeness (QED) is 0.924. The van der Waals surface area contributed by atoms with E-state index in [0.29, 0.717) is 6.04 Å². The third kappa shape index (κ3) is 2.77. The molecule has 4 nitrogen and oxygen atoms in total. The summed E-state index contributed by atoms with van der Waals surface area (Å²) in [6, 6.07) is 0.554. The highest BCUT2D eigenvalue weighted by atomic mass is 32.1. The number of rotatable bonds is 5. The zero-order valence-corrected chi connectivity index (χ0v) is 13.6. The Morgan fingerprint density at radius 1 is 1.48 bits per heavy atom. The Morgan fingerprint density at radius 3 is 3.10 bits per heavy atom. The van der Waals surface area contributed by atoms with Crippen LogP contribution in [0.5, 0.6) is 0 Å². The maximum absolute atomic E-state index is 12.7. The first-order valence-corrected chi connectivity index (χ1v) is 8.79. The lowest BCUT2D eigenvalue weighted by atomic mass is 9.93. The summed E-state index contributed by atoms with van der Waals surface area (Å²) in [5, 5.41) is 4.42. The van der Waals surface area contributed by atoms with Crippen LogP contribution in [0.3, 0.4) is 0 Å². The summed E-state index contributed by atoms with van der Waals surface area (Å²) in [6.45, 7) is 6.08. The monoisotopic (exact) mass is 305 g/mol. The highest BCUT2D eigenvalue weighted by Crippen LogP contribution is 2.33. The van der Waals surface area contributed by atoms with Crippen LogP contribution in [0.1, 0.15) is 43.6 Å². The van der Waals surface area contributed by atoms with E-state index < -0.39 is 0 Å². The Morgan fingerprint density at radius 2 is 2.33 bits per heavy atom. The summed E-state index contributed by atoms with van der Waals surface area (Å²) in [5.41, 5.74) is 1.43.